The molecule has 7 heteroatoms. The largest absolute Gasteiger partial charge is 0.320 e. The fourth-order valence-corrected chi connectivity index (χ4v) is 6.49. The van der Waals surface area contributed by atoms with Crippen LogP contribution in [0.5, 0.6) is 0 Å². The predicted octanol–water partition coefficient (Wildman–Crippen LogP) is 4.94. The van der Waals surface area contributed by atoms with Crippen LogP contribution in [0.1, 0.15) is 52.0 Å². The molecule has 32 heavy (non-hydrogen) atoms. The summed E-state index contributed by atoms with van der Waals surface area (Å²) in [6.45, 7) is 3.07. The highest BCUT2D eigenvalue weighted by Crippen LogP contribution is 2.33. The summed E-state index contributed by atoms with van der Waals surface area (Å²) in [5.41, 5.74) is 5.17. The molecule has 0 spiro atoms. The molecule has 5 nitrogen and oxygen atoms in total. The second-order valence-electron chi connectivity index (χ2n) is 8.56. The Hall–Kier alpha value is -2.41. The second-order valence-corrected chi connectivity index (χ2v) is 10.9. The van der Waals surface area contributed by atoms with E-state index < -0.39 is 10.0 Å². The Labute approximate surface area is 193 Å². The number of nitrogens with zero attached hydrogens (tertiary/aromatic N) is 2. The molecule has 0 radical (unpaired) electrons. The zero-order valence-corrected chi connectivity index (χ0v) is 19.5. The monoisotopic (exact) mass is 468 g/mol. The highest BCUT2D eigenvalue weighted by atomic mass is 35.5. The van der Waals surface area contributed by atoms with Crippen molar-refractivity contribution < 1.29 is 13.2 Å². The summed E-state index contributed by atoms with van der Waals surface area (Å²) < 4.78 is 28.9. The smallest absolute Gasteiger partial charge is 0.243 e. The van der Waals surface area contributed by atoms with Crippen molar-refractivity contribution in [3.8, 4) is 5.69 Å². The molecule has 166 valence electrons. The van der Waals surface area contributed by atoms with Gasteiger partial charge in [0.1, 0.15) is 0 Å². The van der Waals surface area contributed by atoms with Gasteiger partial charge in [0.05, 0.1) is 9.92 Å². The lowest BCUT2D eigenvalue weighted by Crippen LogP contribution is -2.41. The van der Waals surface area contributed by atoms with Crippen LogP contribution in [-0.2, 0) is 22.9 Å². The van der Waals surface area contributed by atoms with Crippen molar-refractivity contribution in [1.82, 2.24) is 8.87 Å². The van der Waals surface area contributed by atoms with Crippen molar-refractivity contribution in [3.63, 3.8) is 0 Å². The molecular weight excluding hydrogens is 444 g/mol. The Balaban J connectivity index is 1.56. The lowest BCUT2D eigenvalue weighted by molar-refractivity contribution is 0.103. The van der Waals surface area contributed by atoms with Crippen molar-refractivity contribution in [2.24, 2.45) is 0 Å². The number of aryl methyl sites for hydroxylation is 1. The van der Waals surface area contributed by atoms with Gasteiger partial charge in [-0.15, -0.1) is 0 Å². The Bertz CT molecular complexity index is 1290. The zero-order chi connectivity index (χ0) is 22.5. The molecule has 0 bridgehead atoms. The molecule has 0 atom stereocenters. The maximum absolute atomic E-state index is 13.5. The molecule has 5 rings (SSSR count). The van der Waals surface area contributed by atoms with E-state index in [0.717, 1.165) is 54.6 Å². The van der Waals surface area contributed by atoms with Gasteiger partial charge in [0.25, 0.3) is 0 Å². The minimum Gasteiger partial charge on any atom is -0.320 e. The molecular formula is C25H25ClN2O3S. The van der Waals surface area contributed by atoms with Crippen LogP contribution in [0.3, 0.4) is 0 Å². The summed E-state index contributed by atoms with van der Waals surface area (Å²) >= 11 is 6.40. The summed E-state index contributed by atoms with van der Waals surface area (Å²) in [4.78, 5) is 13.8. The number of carbonyl (C=O) groups is 1. The highest BCUT2D eigenvalue weighted by molar-refractivity contribution is 7.89. The summed E-state index contributed by atoms with van der Waals surface area (Å²) in [7, 11) is -3.42. The van der Waals surface area contributed by atoms with Crippen molar-refractivity contribution in [2.45, 2.75) is 43.9 Å². The van der Waals surface area contributed by atoms with Crippen molar-refractivity contribution >= 4 is 27.4 Å². The molecule has 1 aromatic heterocycles. The van der Waals surface area contributed by atoms with Crippen LogP contribution in [0.2, 0.25) is 5.02 Å². The standard InChI is InChI=1S/C25H25ClN2O3S/c1-17-6-4-8-22(26)24(17)25(29)21-16-28(23-9-3-2-7-20(21)23)18-10-12-19(13-11-18)32(30,31)27-14-5-15-27/h4,6,8,10-13,16H,2-3,5,7,9,14-15H2,1H3. The van der Waals surface area contributed by atoms with Gasteiger partial charge < -0.3 is 4.57 Å². The van der Waals surface area contributed by atoms with Gasteiger partial charge in [-0.2, -0.15) is 4.31 Å². The summed E-state index contributed by atoms with van der Waals surface area (Å²) in [5.74, 6) is -0.0537. The number of rotatable bonds is 5. The highest BCUT2D eigenvalue weighted by Gasteiger charge is 2.30. The first-order valence-electron chi connectivity index (χ1n) is 11.0. The normalized spacial score (nSPS) is 16.4. The van der Waals surface area contributed by atoms with Crippen LogP contribution in [0.15, 0.2) is 53.6 Å². The van der Waals surface area contributed by atoms with E-state index in [4.69, 9.17) is 11.6 Å². The van der Waals surface area contributed by atoms with Gasteiger partial charge in [0.2, 0.25) is 10.0 Å². The topological polar surface area (TPSA) is 59.4 Å². The number of carbonyl (C=O) groups excluding carboxylic acids is 1. The van der Waals surface area contributed by atoms with Crippen LogP contribution in [0.4, 0.5) is 0 Å². The van der Waals surface area contributed by atoms with E-state index in [1.165, 1.54) is 4.31 Å². The number of fused-ring (bicyclic) bond motifs is 1. The SMILES string of the molecule is Cc1cccc(Cl)c1C(=O)c1cn(-c2ccc(S(=O)(=O)N3CCC3)cc2)c2c1CCCC2. The van der Waals surface area contributed by atoms with E-state index in [9.17, 15) is 13.2 Å². The van der Waals surface area contributed by atoms with Crippen LogP contribution in [0, 0.1) is 6.92 Å². The maximum Gasteiger partial charge on any atom is 0.243 e. The number of halogens is 1. The zero-order valence-electron chi connectivity index (χ0n) is 18.0. The van der Waals surface area contributed by atoms with Gasteiger partial charge in [-0.1, -0.05) is 23.7 Å². The van der Waals surface area contributed by atoms with E-state index >= 15 is 0 Å². The van der Waals surface area contributed by atoms with E-state index in [1.807, 2.05) is 42.0 Å². The number of ketones is 1. The van der Waals surface area contributed by atoms with Gasteiger partial charge in [0, 0.05) is 41.8 Å². The van der Waals surface area contributed by atoms with Gasteiger partial charge in [-0.3, -0.25) is 4.79 Å². The molecule has 2 aliphatic rings. The summed E-state index contributed by atoms with van der Waals surface area (Å²) in [5, 5.41) is 0.466. The van der Waals surface area contributed by atoms with Crippen LogP contribution in [-0.4, -0.2) is 36.2 Å². The van der Waals surface area contributed by atoms with Gasteiger partial charge >= 0.3 is 0 Å². The Morgan fingerprint density at radius 2 is 1.69 bits per heavy atom. The van der Waals surface area contributed by atoms with E-state index in [-0.39, 0.29) is 5.78 Å². The van der Waals surface area contributed by atoms with Gasteiger partial charge in [0.15, 0.2) is 5.78 Å². The first kappa shape index (κ1) is 21.4. The van der Waals surface area contributed by atoms with Crippen molar-refractivity contribution in [2.75, 3.05) is 13.1 Å². The molecule has 1 aliphatic carbocycles. The molecule has 3 aromatic rings. The minimum atomic E-state index is -3.42. The predicted molar refractivity (Wildman–Crippen MR) is 125 cm³/mol. The fourth-order valence-electron chi connectivity index (χ4n) is 4.67. The molecule has 2 heterocycles. The van der Waals surface area contributed by atoms with Gasteiger partial charge in [-0.05, 0) is 80.5 Å². The third-order valence-corrected chi connectivity index (χ3v) is 8.80. The molecule has 1 saturated heterocycles. The van der Waals surface area contributed by atoms with E-state index in [1.54, 1.807) is 18.2 Å². The lowest BCUT2D eigenvalue weighted by Gasteiger charge is -2.29. The Kier molecular flexibility index (Phi) is 5.48. The van der Waals surface area contributed by atoms with Crippen molar-refractivity contribution in [1.29, 1.82) is 0 Å². The number of sulfonamides is 1. The van der Waals surface area contributed by atoms with Gasteiger partial charge in [-0.25, -0.2) is 8.42 Å². The molecule has 0 unspecified atom stereocenters. The molecule has 1 aliphatic heterocycles. The fraction of sp³-hybridized carbons (Fsp3) is 0.320. The third-order valence-electron chi connectivity index (χ3n) is 6.57. The quantitative estimate of drug-likeness (QED) is 0.498. The van der Waals surface area contributed by atoms with Crippen LogP contribution in [0.25, 0.3) is 5.69 Å². The number of benzene rings is 2. The van der Waals surface area contributed by atoms with Crippen LogP contribution < -0.4 is 0 Å². The number of aromatic nitrogens is 1. The maximum atomic E-state index is 13.5. The van der Waals surface area contributed by atoms with Crippen LogP contribution >= 0.6 is 11.6 Å². The first-order valence-corrected chi connectivity index (χ1v) is 12.8. The van der Waals surface area contributed by atoms with E-state index in [0.29, 0.717) is 34.1 Å². The van der Waals surface area contributed by atoms with Crippen molar-refractivity contribution in [3.05, 3.63) is 81.6 Å². The Morgan fingerprint density at radius 1 is 0.969 bits per heavy atom. The molecule has 1 fully saturated rings. The lowest BCUT2D eigenvalue weighted by atomic mass is 9.91. The summed E-state index contributed by atoms with van der Waals surface area (Å²) in [6.07, 6.45) is 6.67. The average Bonchev–Trinajstić information content (AvgIpc) is 3.12. The molecule has 0 amide bonds. The molecule has 0 N–H and O–H groups in total. The van der Waals surface area contributed by atoms with E-state index in [2.05, 4.69) is 0 Å². The average molecular weight is 469 g/mol. The Morgan fingerprint density at radius 3 is 2.34 bits per heavy atom. The first-order chi connectivity index (χ1) is 15.4. The summed E-state index contributed by atoms with van der Waals surface area (Å²) in [6, 6.07) is 12.5. The third kappa shape index (κ3) is 3.51. The molecule has 2 aromatic carbocycles. The number of hydrogen-bond acceptors (Lipinski definition) is 3. The number of hydrogen-bond donors (Lipinski definition) is 0. The minimum absolute atomic E-state index is 0.0537. The molecule has 0 saturated carbocycles. The second kappa shape index (κ2) is 8.18.